The molecule has 0 saturated heterocycles. The highest BCUT2D eigenvalue weighted by atomic mass is 32.2. The fraction of sp³-hybridized carbons (Fsp3) is 0.556. The largest absolute Gasteiger partial charge is 0.494 e. The van der Waals surface area contributed by atoms with Crippen LogP contribution in [0, 0.1) is 0 Å². The summed E-state index contributed by atoms with van der Waals surface area (Å²) >= 11 is 0. The maximum Gasteiger partial charge on any atom is 0.212 e. The highest BCUT2D eigenvalue weighted by molar-refractivity contribution is 7.89. The number of aromatic nitrogens is 2. The van der Waals surface area contributed by atoms with E-state index in [1.807, 2.05) is 0 Å². The van der Waals surface area contributed by atoms with Crippen LogP contribution in [0.4, 0.5) is 0 Å². The van der Waals surface area contributed by atoms with Crippen molar-refractivity contribution < 1.29 is 13.2 Å². The highest BCUT2D eigenvalue weighted by Gasteiger charge is 2.26. The molecule has 90 valence electrons. The summed E-state index contributed by atoms with van der Waals surface area (Å²) in [4.78, 5) is 8.06. The van der Waals surface area contributed by atoms with Crippen LogP contribution in [0.2, 0.25) is 0 Å². The lowest BCUT2D eigenvalue weighted by atomic mass is 10.1. The molecule has 2 atom stereocenters. The lowest BCUT2D eigenvalue weighted by Gasteiger charge is -2.16. The van der Waals surface area contributed by atoms with Gasteiger partial charge in [0.1, 0.15) is 5.82 Å². The van der Waals surface area contributed by atoms with E-state index in [9.17, 15) is 8.42 Å². The van der Waals surface area contributed by atoms with Crippen LogP contribution in [-0.4, -0.2) is 30.7 Å². The van der Waals surface area contributed by atoms with E-state index in [4.69, 9.17) is 9.88 Å². The molecule has 6 nitrogen and oxygen atoms in total. The van der Waals surface area contributed by atoms with Crippen LogP contribution < -0.4 is 9.88 Å². The molecule has 0 unspecified atom stereocenters. The van der Waals surface area contributed by atoms with Crippen molar-refractivity contribution in [2.75, 3.05) is 7.11 Å². The summed E-state index contributed by atoms with van der Waals surface area (Å²) in [5.74, 6) is 0.599. The molecule has 0 amide bonds. The first-order chi connectivity index (χ1) is 7.36. The summed E-state index contributed by atoms with van der Waals surface area (Å²) in [7, 11) is -2.07. The third kappa shape index (κ3) is 2.89. The number of hydrogen-bond acceptors (Lipinski definition) is 5. The summed E-state index contributed by atoms with van der Waals surface area (Å²) in [6.07, 6.45) is 2.99. The van der Waals surface area contributed by atoms with Crippen LogP contribution in [0.3, 0.4) is 0 Å². The summed E-state index contributed by atoms with van der Waals surface area (Å²) < 4.78 is 27.2. The van der Waals surface area contributed by atoms with Crippen LogP contribution in [0.15, 0.2) is 12.4 Å². The zero-order chi connectivity index (χ0) is 12.3. The van der Waals surface area contributed by atoms with Gasteiger partial charge in [-0.3, -0.25) is 0 Å². The van der Waals surface area contributed by atoms with Gasteiger partial charge in [0.05, 0.1) is 24.8 Å². The van der Waals surface area contributed by atoms with Gasteiger partial charge in [0, 0.05) is 5.92 Å². The van der Waals surface area contributed by atoms with Gasteiger partial charge in [-0.15, -0.1) is 0 Å². The Labute approximate surface area is 94.9 Å². The predicted molar refractivity (Wildman–Crippen MR) is 59.6 cm³/mol. The van der Waals surface area contributed by atoms with Crippen molar-refractivity contribution in [3.63, 3.8) is 0 Å². The molecule has 0 spiro atoms. The van der Waals surface area contributed by atoms with Gasteiger partial charge >= 0.3 is 0 Å². The Hall–Kier alpha value is -1.21. The van der Waals surface area contributed by atoms with Crippen molar-refractivity contribution >= 4 is 10.0 Å². The molecule has 16 heavy (non-hydrogen) atoms. The van der Waals surface area contributed by atoms with Gasteiger partial charge in [0.25, 0.3) is 0 Å². The SMILES string of the molecule is COc1cnc([C@@H](C)[C@@H](C)S(N)(=O)=O)nc1. The van der Waals surface area contributed by atoms with Gasteiger partial charge in [-0.2, -0.15) is 0 Å². The number of hydrogen-bond donors (Lipinski definition) is 1. The zero-order valence-electron chi connectivity index (χ0n) is 9.41. The van der Waals surface area contributed by atoms with E-state index < -0.39 is 15.3 Å². The molecule has 0 aliphatic heterocycles. The number of nitrogens with zero attached hydrogens (tertiary/aromatic N) is 2. The Bertz CT molecular complexity index is 444. The summed E-state index contributed by atoms with van der Waals surface area (Å²) in [6, 6.07) is 0. The quantitative estimate of drug-likeness (QED) is 0.821. The van der Waals surface area contributed by atoms with Crippen LogP contribution in [0.1, 0.15) is 25.6 Å². The van der Waals surface area contributed by atoms with E-state index >= 15 is 0 Å². The Morgan fingerprint density at radius 3 is 2.19 bits per heavy atom. The molecule has 0 saturated carbocycles. The minimum atomic E-state index is -3.58. The van der Waals surface area contributed by atoms with Crippen LogP contribution in [-0.2, 0) is 10.0 Å². The van der Waals surface area contributed by atoms with Gasteiger partial charge in [-0.05, 0) is 6.92 Å². The molecule has 0 fully saturated rings. The van der Waals surface area contributed by atoms with Crippen molar-refractivity contribution in [1.29, 1.82) is 0 Å². The Morgan fingerprint density at radius 2 is 1.81 bits per heavy atom. The average molecular weight is 245 g/mol. The summed E-state index contributed by atoms with van der Waals surface area (Å²) in [5, 5.41) is 4.34. The topological polar surface area (TPSA) is 95.2 Å². The van der Waals surface area contributed by atoms with Gasteiger partial charge in [0.15, 0.2) is 5.75 Å². The van der Waals surface area contributed by atoms with E-state index in [1.165, 1.54) is 26.4 Å². The first-order valence-corrected chi connectivity index (χ1v) is 6.34. The molecule has 0 aromatic carbocycles. The molecule has 0 bridgehead atoms. The first-order valence-electron chi connectivity index (χ1n) is 4.73. The molecule has 7 heteroatoms. The van der Waals surface area contributed by atoms with Crippen LogP contribution in [0.5, 0.6) is 5.75 Å². The fourth-order valence-electron chi connectivity index (χ4n) is 1.16. The molecular formula is C9H15N3O3S. The number of primary sulfonamides is 1. The molecular weight excluding hydrogens is 230 g/mol. The summed E-state index contributed by atoms with van der Waals surface area (Å²) in [5.41, 5.74) is 0. The number of methoxy groups -OCH3 is 1. The maximum absolute atomic E-state index is 11.2. The Morgan fingerprint density at radius 1 is 1.31 bits per heavy atom. The van der Waals surface area contributed by atoms with Crippen LogP contribution >= 0.6 is 0 Å². The highest BCUT2D eigenvalue weighted by Crippen LogP contribution is 2.20. The smallest absolute Gasteiger partial charge is 0.212 e. The lowest BCUT2D eigenvalue weighted by Crippen LogP contribution is -2.31. The van der Waals surface area contributed by atoms with E-state index in [0.717, 1.165) is 0 Å². The predicted octanol–water partition coefficient (Wildman–Crippen LogP) is 0.266. The van der Waals surface area contributed by atoms with E-state index in [1.54, 1.807) is 6.92 Å². The second-order valence-corrected chi connectivity index (χ2v) is 5.49. The van der Waals surface area contributed by atoms with Gasteiger partial charge in [-0.25, -0.2) is 23.5 Å². The number of nitrogens with two attached hydrogens (primary N) is 1. The number of sulfonamides is 1. The van der Waals surface area contributed by atoms with E-state index in [2.05, 4.69) is 9.97 Å². The fourth-order valence-corrected chi connectivity index (χ4v) is 1.85. The Balaban J connectivity index is 2.92. The third-order valence-electron chi connectivity index (χ3n) is 2.51. The molecule has 1 heterocycles. The normalized spacial score (nSPS) is 15.5. The molecule has 0 aliphatic carbocycles. The molecule has 1 aromatic rings. The van der Waals surface area contributed by atoms with Crippen molar-refractivity contribution in [3.8, 4) is 5.75 Å². The monoisotopic (exact) mass is 245 g/mol. The minimum absolute atomic E-state index is 0.360. The first kappa shape index (κ1) is 12.9. The lowest BCUT2D eigenvalue weighted by molar-refractivity contribution is 0.409. The Kier molecular flexibility index (Phi) is 3.82. The van der Waals surface area contributed by atoms with Crippen molar-refractivity contribution in [2.45, 2.75) is 25.0 Å². The maximum atomic E-state index is 11.2. The molecule has 2 N–H and O–H groups in total. The van der Waals surface area contributed by atoms with Crippen molar-refractivity contribution in [3.05, 3.63) is 18.2 Å². The standard InChI is InChI=1S/C9H15N3O3S/c1-6(7(2)16(10,13)14)9-11-4-8(15-3)5-12-9/h4-7H,1-3H3,(H2,10,13,14)/t6-,7+/m0/s1. The van der Waals surface area contributed by atoms with Gasteiger partial charge in [0.2, 0.25) is 10.0 Å². The zero-order valence-corrected chi connectivity index (χ0v) is 10.2. The molecule has 0 radical (unpaired) electrons. The number of rotatable bonds is 4. The molecule has 1 aromatic heterocycles. The summed E-state index contributed by atoms with van der Waals surface area (Å²) in [6.45, 7) is 3.25. The van der Waals surface area contributed by atoms with E-state index in [0.29, 0.717) is 11.6 Å². The van der Waals surface area contributed by atoms with E-state index in [-0.39, 0.29) is 5.92 Å². The van der Waals surface area contributed by atoms with Crippen LogP contribution in [0.25, 0.3) is 0 Å². The minimum Gasteiger partial charge on any atom is -0.494 e. The number of ether oxygens (including phenoxy) is 1. The van der Waals surface area contributed by atoms with Gasteiger partial charge in [-0.1, -0.05) is 6.92 Å². The second kappa shape index (κ2) is 4.75. The molecule has 0 aliphatic rings. The van der Waals surface area contributed by atoms with Crippen molar-refractivity contribution in [1.82, 2.24) is 9.97 Å². The van der Waals surface area contributed by atoms with Crippen molar-refractivity contribution in [2.24, 2.45) is 5.14 Å². The third-order valence-corrected chi connectivity index (χ3v) is 3.96. The average Bonchev–Trinajstić information content (AvgIpc) is 2.26. The second-order valence-electron chi connectivity index (χ2n) is 3.56. The molecule has 1 rings (SSSR count). The van der Waals surface area contributed by atoms with Gasteiger partial charge < -0.3 is 4.74 Å².